The number of para-hydroxylation sites is 1. The van der Waals surface area contributed by atoms with E-state index in [0.29, 0.717) is 6.61 Å². The number of ether oxygens (including phenoxy) is 1. The number of halogens is 1. The van der Waals surface area contributed by atoms with Crippen molar-refractivity contribution in [1.82, 2.24) is 10.6 Å². The van der Waals surface area contributed by atoms with Gasteiger partial charge in [0.1, 0.15) is 0 Å². The zero-order valence-corrected chi connectivity index (χ0v) is 17.1. The van der Waals surface area contributed by atoms with Gasteiger partial charge in [-0.2, -0.15) is 0 Å². The van der Waals surface area contributed by atoms with Gasteiger partial charge in [0, 0.05) is 45.5 Å². The summed E-state index contributed by atoms with van der Waals surface area (Å²) in [6.45, 7) is 11.3. The van der Waals surface area contributed by atoms with Crippen molar-refractivity contribution in [2.45, 2.75) is 20.8 Å². The van der Waals surface area contributed by atoms with Crippen LogP contribution in [0.2, 0.25) is 0 Å². The maximum absolute atomic E-state index is 5.31. The zero-order valence-electron chi connectivity index (χ0n) is 14.8. The van der Waals surface area contributed by atoms with Crippen LogP contribution in [-0.2, 0) is 4.74 Å². The van der Waals surface area contributed by atoms with Gasteiger partial charge >= 0.3 is 0 Å². The van der Waals surface area contributed by atoms with Gasteiger partial charge in [-0.05, 0) is 32.4 Å². The van der Waals surface area contributed by atoms with Crippen LogP contribution in [0.15, 0.2) is 29.3 Å². The van der Waals surface area contributed by atoms with Gasteiger partial charge in [0.25, 0.3) is 0 Å². The Kier molecular flexibility index (Phi) is 12.8. The topological polar surface area (TPSA) is 48.9 Å². The molecule has 0 saturated heterocycles. The first-order chi connectivity index (χ1) is 10.7. The van der Waals surface area contributed by atoms with Crippen LogP contribution in [0.5, 0.6) is 0 Å². The van der Waals surface area contributed by atoms with E-state index in [4.69, 9.17) is 4.74 Å². The highest BCUT2D eigenvalue weighted by Crippen LogP contribution is 2.18. The Bertz CT molecular complexity index is 454. The SMILES string of the molecule is CCOCCNC(=NC)NCCN(CC)c1ccccc1C.I. The summed E-state index contributed by atoms with van der Waals surface area (Å²) >= 11 is 0. The minimum atomic E-state index is 0. The lowest BCUT2D eigenvalue weighted by molar-refractivity contribution is 0.152. The lowest BCUT2D eigenvalue weighted by Gasteiger charge is -2.25. The summed E-state index contributed by atoms with van der Waals surface area (Å²) < 4.78 is 5.31. The number of hydrogen-bond donors (Lipinski definition) is 2. The van der Waals surface area contributed by atoms with E-state index in [-0.39, 0.29) is 24.0 Å². The number of rotatable bonds is 9. The Balaban J connectivity index is 0.00000484. The fraction of sp³-hybridized carbons (Fsp3) is 0.588. The summed E-state index contributed by atoms with van der Waals surface area (Å²) in [6.07, 6.45) is 0. The molecule has 0 atom stereocenters. The van der Waals surface area contributed by atoms with E-state index in [2.05, 4.69) is 58.6 Å². The van der Waals surface area contributed by atoms with Crippen molar-refractivity contribution in [2.75, 3.05) is 51.3 Å². The normalized spacial score (nSPS) is 10.9. The van der Waals surface area contributed by atoms with Gasteiger partial charge in [0.05, 0.1) is 6.61 Å². The number of guanidine groups is 1. The van der Waals surface area contributed by atoms with Gasteiger partial charge in [0.2, 0.25) is 0 Å². The summed E-state index contributed by atoms with van der Waals surface area (Å²) in [5.74, 6) is 0.820. The van der Waals surface area contributed by atoms with Crippen LogP contribution in [0.25, 0.3) is 0 Å². The van der Waals surface area contributed by atoms with E-state index in [1.807, 2.05) is 6.92 Å². The standard InChI is InChI=1S/C17H30N4O.HI/c1-5-21(16-10-8-7-9-15(16)3)13-11-19-17(18-4)20-12-14-22-6-2;/h7-10H,5-6,11-14H2,1-4H3,(H2,18,19,20);1H. The predicted molar refractivity (Wildman–Crippen MR) is 110 cm³/mol. The molecule has 23 heavy (non-hydrogen) atoms. The molecule has 0 heterocycles. The molecule has 0 unspecified atom stereocenters. The van der Waals surface area contributed by atoms with Crippen LogP contribution in [0, 0.1) is 6.92 Å². The number of hydrogen-bond acceptors (Lipinski definition) is 3. The summed E-state index contributed by atoms with van der Waals surface area (Å²) in [7, 11) is 1.79. The molecule has 0 aromatic heterocycles. The van der Waals surface area contributed by atoms with Gasteiger partial charge in [-0.3, -0.25) is 4.99 Å². The Morgan fingerprint density at radius 1 is 1.17 bits per heavy atom. The quantitative estimate of drug-likeness (QED) is 0.272. The molecule has 1 aromatic rings. The third kappa shape index (κ3) is 8.41. The largest absolute Gasteiger partial charge is 0.380 e. The average molecular weight is 434 g/mol. The van der Waals surface area contributed by atoms with Gasteiger partial charge in [-0.15, -0.1) is 24.0 Å². The third-order valence-corrected chi connectivity index (χ3v) is 3.48. The monoisotopic (exact) mass is 434 g/mol. The summed E-state index contributed by atoms with van der Waals surface area (Å²) in [5.41, 5.74) is 2.61. The number of likely N-dealkylation sites (N-methyl/N-ethyl adjacent to an activating group) is 1. The molecular formula is C17H31IN4O. The molecule has 132 valence electrons. The molecule has 0 aliphatic carbocycles. The molecule has 0 saturated carbocycles. The Labute approximate surface area is 157 Å². The highest BCUT2D eigenvalue weighted by atomic mass is 127. The molecule has 0 aliphatic heterocycles. The van der Waals surface area contributed by atoms with Crippen molar-refractivity contribution in [3.05, 3.63) is 29.8 Å². The van der Waals surface area contributed by atoms with Crippen LogP contribution in [0.1, 0.15) is 19.4 Å². The van der Waals surface area contributed by atoms with Gasteiger partial charge in [-0.1, -0.05) is 18.2 Å². The molecule has 5 nitrogen and oxygen atoms in total. The molecule has 6 heteroatoms. The van der Waals surface area contributed by atoms with Crippen molar-refractivity contribution < 1.29 is 4.74 Å². The summed E-state index contributed by atoms with van der Waals surface area (Å²) in [4.78, 5) is 6.59. The first-order valence-electron chi connectivity index (χ1n) is 8.05. The summed E-state index contributed by atoms with van der Waals surface area (Å²) in [5, 5.41) is 6.58. The number of aliphatic imine (C=N–C) groups is 1. The van der Waals surface area contributed by atoms with E-state index in [1.54, 1.807) is 7.05 Å². The van der Waals surface area contributed by atoms with Crippen molar-refractivity contribution in [3.63, 3.8) is 0 Å². The van der Waals surface area contributed by atoms with Crippen molar-refractivity contribution in [2.24, 2.45) is 4.99 Å². The number of nitrogens with one attached hydrogen (secondary N) is 2. The number of nitrogens with zero attached hydrogens (tertiary/aromatic N) is 2. The van der Waals surface area contributed by atoms with Crippen molar-refractivity contribution in [3.8, 4) is 0 Å². The van der Waals surface area contributed by atoms with E-state index < -0.39 is 0 Å². The number of benzene rings is 1. The Hall–Kier alpha value is -1.02. The maximum Gasteiger partial charge on any atom is 0.191 e. The molecule has 0 amide bonds. The predicted octanol–water partition coefficient (Wildman–Crippen LogP) is 2.64. The van der Waals surface area contributed by atoms with Crippen LogP contribution in [0.3, 0.4) is 0 Å². The first-order valence-corrected chi connectivity index (χ1v) is 8.05. The fourth-order valence-electron chi connectivity index (χ4n) is 2.28. The van der Waals surface area contributed by atoms with E-state index >= 15 is 0 Å². The molecule has 0 bridgehead atoms. The highest BCUT2D eigenvalue weighted by molar-refractivity contribution is 14.0. The van der Waals surface area contributed by atoms with Crippen LogP contribution in [0.4, 0.5) is 5.69 Å². The molecule has 1 rings (SSSR count). The van der Waals surface area contributed by atoms with Crippen molar-refractivity contribution in [1.29, 1.82) is 0 Å². The molecule has 0 aliphatic rings. The second kappa shape index (κ2) is 13.4. The summed E-state index contributed by atoms with van der Waals surface area (Å²) in [6, 6.07) is 8.50. The van der Waals surface area contributed by atoms with Gasteiger partial charge in [0.15, 0.2) is 5.96 Å². The second-order valence-electron chi connectivity index (χ2n) is 4.99. The molecule has 0 fully saturated rings. The maximum atomic E-state index is 5.31. The van der Waals surface area contributed by atoms with Gasteiger partial charge < -0.3 is 20.3 Å². The minimum absolute atomic E-state index is 0. The van der Waals surface area contributed by atoms with Crippen molar-refractivity contribution >= 4 is 35.6 Å². The second-order valence-corrected chi connectivity index (χ2v) is 4.99. The lowest BCUT2D eigenvalue weighted by Crippen LogP contribution is -2.42. The Morgan fingerprint density at radius 3 is 2.48 bits per heavy atom. The van der Waals surface area contributed by atoms with E-state index in [1.165, 1.54) is 11.3 Å². The number of anilines is 1. The molecule has 0 radical (unpaired) electrons. The van der Waals surface area contributed by atoms with Crippen LogP contribution in [-0.4, -0.2) is 52.4 Å². The van der Waals surface area contributed by atoms with E-state index in [9.17, 15) is 0 Å². The lowest BCUT2D eigenvalue weighted by atomic mass is 10.2. The molecule has 2 N–H and O–H groups in total. The first kappa shape index (κ1) is 22.0. The third-order valence-electron chi connectivity index (χ3n) is 3.48. The fourth-order valence-corrected chi connectivity index (χ4v) is 2.28. The molecule has 1 aromatic carbocycles. The van der Waals surface area contributed by atoms with E-state index in [0.717, 1.165) is 38.7 Å². The zero-order chi connectivity index (χ0) is 16.2. The van der Waals surface area contributed by atoms with Crippen LogP contribution >= 0.6 is 24.0 Å². The molecule has 0 spiro atoms. The number of aryl methyl sites for hydroxylation is 1. The average Bonchev–Trinajstić information content (AvgIpc) is 2.54. The minimum Gasteiger partial charge on any atom is -0.380 e. The smallest absolute Gasteiger partial charge is 0.191 e. The molecular weight excluding hydrogens is 403 g/mol. The Morgan fingerprint density at radius 2 is 1.87 bits per heavy atom. The highest BCUT2D eigenvalue weighted by Gasteiger charge is 2.06. The van der Waals surface area contributed by atoms with Crippen LogP contribution < -0.4 is 15.5 Å². The van der Waals surface area contributed by atoms with Gasteiger partial charge in [-0.25, -0.2) is 0 Å².